The minimum atomic E-state index is -5.23. The van der Waals surface area contributed by atoms with Crippen molar-refractivity contribution in [3.63, 3.8) is 0 Å². The highest BCUT2D eigenvalue weighted by molar-refractivity contribution is 7.48. The molecule has 7 N–H and O–H groups in total. The molecule has 0 aliphatic rings. The maximum atomic E-state index is 9.65. The molecule has 0 radical (unpaired) electrons. The van der Waals surface area contributed by atoms with Crippen LogP contribution in [0.1, 0.15) is 0 Å². The molecule has 9 nitrogen and oxygen atoms in total. The fraction of sp³-hybridized carbons (Fsp3) is 0. The van der Waals surface area contributed by atoms with Gasteiger partial charge in [0.25, 0.3) is 7.82 Å². The molecule has 70 valence electrons. The van der Waals surface area contributed by atoms with Crippen LogP contribution in [0.5, 0.6) is 0 Å². The minimum Gasteiger partial charge on any atom is -0.755 e. The molecule has 0 aromatic carbocycles. The van der Waals surface area contributed by atoms with Gasteiger partial charge in [-0.3, -0.25) is 4.57 Å². The molecule has 0 rings (SSSR count). The first-order chi connectivity index (χ1) is 4.21. The number of hydrogen-bond donors (Lipinski definition) is 4. The third kappa shape index (κ3) is 13.2. The van der Waals surface area contributed by atoms with Crippen LogP contribution in [0.4, 0.5) is 0 Å². The summed E-state index contributed by atoms with van der Waals surface area (Å²) in [5, 5.41) is 0. The third-order valence-electron chi connectivity index (χ3n) is 0.225. The van der Waals surface area contributed by atoms with Crippen LogP contribution in [0.3, 0.4) is 0 Å². The van der Waals surface area contributed by atoms with Crippen LogP contribution in [-0.4, -0.2) is 14.7 Å². The molecule has 0 saturated heterocycles. The Morgan fingerprint density at radius 3 is 1.55 bits per heavy atom. The summed E-state index contributed by atoms with van der Waals surface area (Å²) in [6.45, 7) is 0. The van der Waals surface area contributed by atoms with Crippen LogP contribution < -0.4 is 11.0 Å². The largest absolute Gasteiger partial charge is 0.755 e. The zero-order valence-electron chi connectivity index (χ0n) is 5.28. The highest BCUT2D eigenvalue weighted by Gasteiger charge is 2.18. The molecule has 1 unspecified atom stereocenters. The van der Waals surface area contributed by atoms with Gasteiger partial charge in [-0.15, -0.1) is 4.67 Å². The van der Waals surface area contributed by atoms with Gasteiger partial charge < -0.3 is 25.7 Å². The number of phosphoric acid groups is 2. The van der Waals surface area contributed by atoms with Gasteiger partial charge in [0.2, 0.25) is 0 Å². The summed E-state index contributed by atoms with van der Waals surface area (Å²) in [5.74, 6) is 0. The molecule has 0 fully saturated rings. The zero-order valence-corrected chi connectivity index (χ0v) is 7.07. The van der Waals surface area contributed by atoms with Crippen LogP contribution in [0.25, 0.3) is 0 Å². The molecule has 0 aliphatic heterocycles. The van der Waals surface area contributed by atoms with Crippen molar-refractivity contribution in [2.24, 2.45) is 0 Å². The quantitative estimate of drug-likeness (QED) is 0.257. The Hall–Kier alpha value is 0.180. The Balaban J connectivity index is 0. The van der Waals surface area contributed by atoms with E-state index in [-0.39, 0.29) is 6.15 Å². The molecular formula is H7NO8P2. The Labute approximate surface area is 60.9 Å². The van der Waals surface area contributed by atoms with E-state index in [0.717, 1.165) is 0 Å². The molecular weight excluding hydrogens is 204 g/mol. The molecule has 11 heteroatoms. The van der Waals surface area contributed by atoms with Crippen molar-refractivity contribution in [2.45, 2.75) is 0 Å². The first-order valence-corrected chi connectivity index (χ1v) is 4.71. The molecule has 0 spiro atoms. The summed E-state index contributed by atoms with van der Waals surface area (Å²) in [6.07, 6.45) is 0. The SMILES string of the molecule is O=P([O-])(O)OOP(=O)(O)O.[NH4+]. The molecule has 1 atom stereocenters. The molecule has 0 bridgehead atoms. The predicted molar refractivity (Wildman–Crippen MR) is 30.0 cm³/mol. The van der Waals surface area contributed by atoms with Crippen molar-refractivity contribution in [3.05, 3.63) is 0 Å². The number of rotatable bonds is 3. The van der Waals surface area contributed by atoms with Crippen molar-refractivity contribution < 1.29 is 38.1 Å². The van der Waals surface area contributed by atoms with E-state index in [1.807, 2.05) is 0 Å². The molecule has 0 amide bonds. The van der Waals surface area contributed by atoms with Gasteiger partial charge in [0.15, 0.2) is 0 Å². The van der Waals surface area contributed by atoms with Crippen molar-refractivity contribution in [1.82, 2.24) is 6.15 Å². The van der Waals surface area contributed by atoms with E-state index in [4.69, 9.17) is 14.7 Å². The number of hydrogen-bond acceptors (Lipinski definition) is 5. The molecule has 11 heavy (non-hydrogen) atoms. The highest BCUT2D eigenvalue weighted by Crippen LogP contribution is 2.43. The van der Waals surface area contributed by atoms with E-state index in [2.05, 4.69) is 9.35 Å². The highest BCUT2D eigenvalue weighted by atomic mass is 31.2. The molecule has 0 aromatic heterocycles. The Kier molecular flexibility index (Phi) is 5.33. The van der Waals surface area contributed by atoms with Crippen LogP contribution >= 0.6 is 15.6 Å². The molecule has 0 saturated carbocycles. The van der Waals surface area contributed by atoms with Crippen molar-refractivity contribution in [2.75, 3.05) is 0 Å². The first kappa shape index (κ1) is 13.7. The molecule has 0 aromatic rings. The van der Waals surface area contributed by atoms with Gasteiger partial charge >= 0.3 is 7.82 Å². The van der Waals surface area contributed by atoms with E-state index in [9.17, 15) is 14.0 Å². The van der Waals surface area contributed by atoms with E-state index >= 15 is 0 Å². The zero-order chi connectivity index (χ0) is 8.41. The van der Waals surface area contributed by atoms with Crippen molar-refractivity contribution >= 4 is 15.6 Å². The third-order valence-corrected chi connectivity index (χ3v) is 0.874. The average Bonchev–Trinajstić information content (AvgIpc) is 1.57. The number of quaternary nitrogens is 1. The van der Waals surface area contributed by atoms with Crippen LogP contribution in [0, 0.1) is 0 Å². The topological polar surface area (TPSA) is 173 Å². The van der Waals surface area contributed by atoms with Gasteiger partial charge in [0, 0.05) is 0 Å². The lowest BCUT2D eigenvalue weighted by atomic mass is 14.0. The Morgan fingerprint density at radius 1 is 1.09 bits per heavy atom. The Morgan fingerprint density at radius 2 is 1.45 bits per heavy atom. The fourth-order valence-electron chi connectivity index (χ4n) is 0.0855. The van der Waals surface area contributed by atoms with E-state index < -0.39 is 15.6 Å². The second-order valence-electron chi connectivity index (χ2n) is 1.11. The van der Waals surface area contributed by atoms with E-state index in [1.165, 1.54) is 0 Å². The second-order valence-corrected chi connectivity index (χ2v) is 3.32. The predicted octanol–water partition coefficient (Wildman–Crippen LogP) is -1.14. The smallest absolute Gasteiger partial charge is 0.497 e. The average molecular weight is 211 g/mol. The van der Waals surface area contributed by atoms with E-state index in [1.54, 1.807) is 0 Å². The second kappa shape index (κ2) is 4.27. The summed E-state index contributed by atoms with van der Waals surface area (Å²) >= 11 is 0. The summed E-state index contributed by atoms with van der Waals surface area (Å²) in [6, 6.07) is 0. The summed E-state index contributed by atoms with van der Waals surface area (Å²) in [7, 11) is -10.2. The minimum absolute atomic E-state index is 0. The first-order valence-electron chi connectivity index (χ1n) is 1.68. The monoisotopic (exact) mass is 211 g/mol. The summed E-state index contributed by atoms with van der Waals surface area (Å²) in [4.78, 5) is 32.8. The normalized spacial score (nSPS) is 16.7. The van der Waals surface area contributed by atoms with E-state index in [0.29, 0.717) is 0 Å². The maximum absolute atomic E-state index is 9.65. The molecule has 0 aliphatic carbocycles. The summed E-state index contributed by atoms with van der Waals surface area (Å²) < 4.78 is 25.0. The van der Waals surface area contributed by atoms with Gasteiger partial charge in [-0.2, -0.15) is 4.67 Å². The van der Waals surface area contributed by atoms with Gasteiger partial charge in [-0.05, 0) is 0 Å². The van der Waals surface area contributed by atoms with Gasteiger partial charge in [-0.25, -0.2) is 4.57 Å². The van der Waals surface area contributed by atoms with Gasteiger partial charge in [0.05, 0.1) is 0 Å². The lowest BCUT2D eigenvalue weighted by molar-refractivity contribution is -0.270. The standard InChI is InChI=1S/H3N.H4O8P2/c;1-9(2,3)7-8-10(4,5)6/h1H3;(H2,1,2,3)(H2,4,5,6). The van der Waals surface area contributed by atoms with Crippen molar-refractivity contribution in [3.8, 4) is 0 Å². The fourth-order valence-corrected chi connectivity index (χ4v) is 0.770. The molecule has 0 heterocycles. The van der Waals surface area contributed by atoms with Crippen LogP contribution in [-0.2, 0) is 18.5 Å². The van der Waals surface area contributed by atoms with Gasteiger partial charge in [0.1, 0.15) is 0 Å². The maximum Gasteiger partial charge on any atom is 0.497 e. The Bertz CT molecular complexity index is 162. The lowest BCUT2D eigenvalue weighted by Crippen LogP contribution is -2.02. The summed E-state index contributed by atoms with van der Waals surface area (Å²) in [5.41, 5.74) is 0. The van der Waals surface area contributed by atoms with Crippen LogP contribution in [0.2, 0.25) is 0 Å². The van der Waals surface area contributed by atoms with Gasteiger partial charge in [-0.1, -0.05) is 0 Å². The van der Waals surface area contributed by atoms with Crippen molar-refractivity contribution in [1.29, 1.82) is 0 Å². The van der Waals surface area contributed by atoms with Crippen LogP contribution in [0.15, 0.2) is 0 Å². The lowest BCUT2D eigenvalue weighted by Gasteiger charge is -2.13.